The van der Waals surface area contributed by atoms with E-state index in [1.165, 1.54) is 0 Å². The fourth-order valence-corrected chi connectivity index (χ4v) is 5.30. The largest absolute Gasteiger partial charge is 0.322 e. The smallest absolute Gasteiger partial charge is 0.255 e. The number of aryl methyl sites for hydroxylation is 2. The maximum absolute atomic E-state index is 12.9. The maximum Gasteiger partial charge on any atom is 0.255 e. The van der Waals surface area contributed by atoms with Crippen LogP contribution in [-0.4, -0.2) is 45.4 Å². The number of anilines is 1. The molecule has 0 radical (unpaired) electrons. The zero-order valence-electron chi connectivity index (χ0n) is 18.1. The van der Waals surface area contributed by atoms with E-state index in [0.717, 1.165) is 31.5 Å². The minimum Gasteiger partial charge on any atom is -0.322 e. The second kappa shape index (κ2) is 9.29. The van der Waals surface area contributed by atoms with E-state index in [0.29, 0.717) is 22.7 Å². The second-order valence-electron chi connectivity index (χ2n) is 8.30. The number of benzene rings is 2. The van der Waals surface area contributed by atoms with Crippen molar-refractivity contribution in [3.63, 3.8) is 0 Å². The van der Waals surface area contributed by atoms with Gasteiger partial charge in [-0.2, -0.15) is 0 Å². The number of hydrogen-bond acceptors (Lipinski definition) is 4. The molecule has 1 aliphatic heterocycles. The summed E-state index contributed by atoms with van der Waals surface area (Å²) < 4.78 is 28.6. The van der Waals surface area contributed by atoms with Crippen LogP contribution in [0.2, 0.25) is 0 Å². The van der Waals surface area contributed by atoms with Crippen LogP contribution in [0.1, 0.15) is 41.3 Å². The van der Waals surface area contributed by atoms with Crippen LogP contribution in [0.3, 0.4) is 0 Å². The van der Waals surface area contributed by atoms with Crippen LogP contribution in [0.25, 0.3) is 0 Å². The Balaban J connectivity index is 1.70. The van der Waals surface area contributed by atoms with Gasteiger partial charge in [0.25, 0.3) is 5.91 Å². The lowest BCUT2D eigenvalue weighted by molar-refractivity contribution is 0.102. The normalized spacial score (nSPS) is 16.9. The zero-order chi connectivity index (χ0) is 21.9. The van der Waals surface area contributed by atoms with E-state index >= 15 is 0 Å². The second-order valence-corrected chi connectivity index (χ2v) is 10.0. The molecule has 30 heavy (non-hydrogen) atoms. The Labute approximate surface area is 179 Å². The molecule has 1 aliphatic rings. The first kappa shape index (κ1) is 22.5. The third-order valence-electron chi connectivity index (χ3n) is 5.96. The van der Waals surface area contributed by atoms with Gasteiger partial charge in [-0.3, -0.25) is 4.79 Å². The van der Waals surface area contributed by atoms with Gasteiger partial charge in [-0.05, 0) is 95.1 Å². The monoisotopic (exact) mass is 429 g/mol. The van der Waals surface area contributed by atoms with Crippen molar-refractivity contribution >= 4 is 21.6 Å². The van der Waals surface area contributed by atoms with E-state index in [9.17, 15) is 13.2 Å². The molecule has 162 valence electrons. The molecular formula is C23H31N3O3S. The van der Waals surface area contributed by atoms with E-state index < -0.39 is 10.0 Å². The first-order chi connectivity index (χ1) is 14.2. The Kier molecular flexibility index (Phi) is 6.95. The molecule has 2 N–H and O–H groups in total. The highest BCUT2D eigenvalue weighted by Gasteiger charge is 2.26. The molecule has 0 saturated carbocycles. The van der Waals surface area contributed by atoms with Crippen molar-refractivity contribution in [1.82, 2.24) is 9.62 Å². The van der Waals surface area contributed by atoms with Crippen LogP contribution < -0.4 is 10.0 Å². The van der Waals surface area contributed by atoms with Gasteiger partial charge in [-0.15, -0.1) is 0 Å². The summed E-state index contributed by atoms with van der Waals surface area (Å²) in [6.45, 7) is 7.61. The predicted octanol–water partition coefficient (Wildman–Crippen LogP) is 3.56. The Morgan fingerprint density at radius 3 is 2.37 bits per heavy atom. The third kappa shape index (κ3) is 5.28. The van der Waals surface area contributed by atoms with Gasteiger partial charge in [-0.25, -0.2) is 13.1 Å². The number of amides is 1. The summed E-state index contributed by atoms with van der Waals surface area (Å²) in [6.07, 6.45) is 1.98. The van der Waals surface area contributed by atoms with Crippen LogP contribution in [0.4, 0.5) is 5.69 Å². The molecule has 1 atom stereocenters. The van der Waals surface area contributed by atoms with E-state index in [1.54, 1.807) is 31.2 Å². The van der Waals surface area contributed by atoms with Crippen LogP contribution in [-0.2, 0) is 10.0 Å². The van der Waals surface area contributed by atoms with E-state index in [2.05, 4.69) is 22.0 Å². The number of carbonyl (C=O) groups is 1. The summed E-state index contributed by atoms with van der Waals surface area (Å²) in [6, 6.07) is 12.0. The Morgan fingerprint density at radius 1 is 1.07 bits per heavy atom. The molecule has 1 heterocycles. The summed E-state index contributed by atoms with van der Waals surface area (Å²) in [5.41, 5.74) is 2.79. The highest BCUT2D eigenvalue weighted by molar-refractivity contribution is 7.89. The average molecular weight is 430 g/mol. The van der Waals surface area contributed by atoms with E-state index in [1.807, 2.05) is 32.0 Å². The summed E-state index contributed by atoms with van der Waals surface area (Å²) in [7, 11) is -1.53. The van der Waals surface area contributed by atoms with Crippen molar-refractivity contribution in [2.24, 2.45) is 5.92 Å². The fraction of sp³-hybridized carbons (Fsp3) is 0.435. The highest BCUT2D eigenvalue weighted by Crippen LogP contribution is 2.24. The van der Waals surface area contributed by atoms with Gasteiger partial charge < -0.3 is 10.2 Å². The number of likely N-dealkylation sites (tertiary alicyclic amines) is 1. The van der Waals surface area contributed by atoms with Gasteiger partial charge in [0.05, 0.1) is 4.90 Å². The van der Waals surface area contributed by atoms with Crippen LogP contribution in [0.15, 0.2) is 47.4 Å². The number of piperidine rings is 1. The lowest BCUT2D eigenvalue weighted by Crippen LogP contribution is -2.42. The molecule has 0 spiro atoms. The molecule has 2 aromatic rings. The predicted molar refractivity (Wildman–Crippen MR) is 120 cm³/mol. The lowest BCUT2D eigenvalue weighted by Gasteiger charge is -2.32. The summed E-state index contributed by atoms with van der Waals surface area (Å²) in [4.78, 5) is 15.1. The van der Waals surface area contributed by atoms with Crippen molar-refractivity contribution in [3.8, 4) is 0 Å². The molecule has 0 aromatic heterocycles. The number of rotatable bonds is 6. The van der Waals surface area contributed by atoms with Gasteiger partial charge in [0.1, 0.15) is 0 Å². The Bertz CT molecular complexity index is 1010. The summed E-state index contributed by atoms with van der Waals surface area (Å²) in [5, 5.41) is 2.88. The SMILES string of the molecule is Cc1cc(S(=O)(=O)NC(C)C2CCN(C)CC2)ccc1NC(=O)c1ccccc1C. The molecule has 3 rings (SSSR count). The molecule has 2 aromatic carbocycles. The quantitative estimate of drug-likeness (QED) is 0.736. The van der Waals surface area contributed by atoms with Gasteiger partial charge in [0.15, 0.2) is 0 Å². The number of nitrogens with one attached hydrogen (secondary N) is 2. The fourth-order valence-electron chi connectivity index (χ4n) is 3.90. The molecule has 1 fully saturated rings. The van der Waals surface area contributed by atoms with Crippen LogP contribution in [0.5, 0.6) is 0 Å². The molecule has 0 bridgehead atoms. The van der Waals surface area contributed by atoms with Gasteiger partial charge >= 0.3 is 0 Å². The van der Waals surface area contributed by atoms with Crippen molar-refractivity contribution in [1.29, 1.82) is 0 Å². The number of nitrogens with zero attached hydrogens (tertiary/aromatic N) is 1. The summed E-state index contributed by atoms with van der Waals surface area (Å²) >= 11 is 0. The standard InChI is InChI=1S/C23H31N3O3S/c1-16-7-5-6-8-21(16)23(27)24-22-10-9-20(15-17(22)2)30(28,29)25-18(3)19-11-13-26(4)14-12-19/h5-10,15,18-19,25H,11-14H2,1-4H3,(H,24,27). The number of carbonyl (C=O) groups excluding carboxylic acids is 1. The van der Waals surface area contributed by atoms with Gasteiger partial charge in [0, 0.05) is 17.3 Å². The van der Waals surface area contributed by atoms with Crippen LogP contribution in [0, 0.1) is 19.8 Å². The first-order valence-corrected chi connectivity index (χ1v) is 11.8. The highest BCUT2D eigenvalue weighted by atomic mass is 32.2. The van der Waals surface area contributed by atoms with Crippen molar-refractivity contribution in [2.75, 3.05) is 25.5 Å². The van der Waals surface area contributed by atoms with Crippen molar-refractivity contribution in [3.05, 3.63) is 59.2 Å². The molecule has 1 unspecified atom stereocenters. The minimum absolute atomic E-state index is 0.121. The summed E-state index contributed by atoms with van der Waals surface area (Å²) in [5.74, 6) is 0.130. The zero-order valence-corrected chi connectivity index (χ0v) is 18.9. The van der Waals surface area contributed by atoms with Crippen LogP contribution >= 0.6 is 0 Å². The Morgan fingerprint density at radius 2 is 1.73 bits per heavy atom. The Hall–Kier alpha value is -2.22. The molecule has 6 nitrogen and oxygen atoms in total. The maximum atomic E-state index is 12.9. The molecule has 1 amide bonds. The first-order valence-electron chi connectivity index (χ1n) is 10.4. The topological polar surface area (TPSA) is 78.5 Å². The average Bonchev–Trinajstić information content (AvgIpc) is 2.69. The van der Waals surface area contributed by atoms with Gasteiger partial charge in [0.2, 0.25) is 10.0 Å². The molecule has 7 heteroatoms. The van der Waals surface area contributed by atoms with Crippen molar-refractivity contribution in [2.45, 2.75) is 44.6 Å². The number of sulfonamides is 1. The molecule has 1 saturated heterocycles. The molecular weight excluding hydrogens is 398 g/mol. The van der Waals surface area contributed by atoms with Gasteiger partial charge in [-0.1, -0.05) is 18.2 Å². The lowest BCUT2D eigenvalue weighted by atomic mass is 9.91. The van der Waals surface area contributed by atoms with E-state index in [-0.39, 0.29) is 16.8 Å². The van der Waals surface area contributed by atoms with E-state index in [4.69, 9.17) is 0 Å². The number of hydrogen-bond donors (Lipinski definition) is 2. The van der Waals surface area contributed by atoms with Crippen molar-refractivity contribution < 1.29 is 13.2 Å². The third-order valence-corrected chi connectivity index (χ3v) is 7.51. The molecule has 0 aliphatic carbocycles. The minimum atomic E-state index is -3.63.